The van der Waals surface area contributed by atoms with Crippen molar-refractivity contribution >= 4 is 29.6 Å². The first-order valence-electron chi connectivity index (χ1n) is 9.67. The molecule has 12 nitrogen and oxygen atoms in total. The van der Waals surface area contributed by atoms with Gasteiger partial charge in [-0.15, -0.1) is 0 Å². The van der Waals surface area contributed by atoms with E-state index in [9.17, 15) is 34.2 Å². The lowest BCUT2D eigenvalue weighted by Crippen LogP contribution is -2.59. The lowest BCUT2D eigenvalue weighted by atomic mass is 9.98. The minimum absolute atomic E-state index is 0.000397. The molecule has 0 radical (unpaired) electrons. The Bertz CT molecular complexity index is 640. The van der Waals surface area contributed by atoms with Gasteiger partial charge in [0.15, 0.2) is 0 Å². The molecule has 4 amide bonds. The van der Waals surface area contributed by atoms with Gasteiger partial charge in [-0.05, 0) is 26.2 Å². The van der Waals surface area contributed by atoms with Crippen LogP contribution in [0, 0.1) is 5.92 Å². The molecule has 0 saturated carbocycles. The Labute approximate surface area is 175 Å². The molecule has 0 aliphatic heterocycles. The molecule has 172 valence electrons. The maximum absolute atomic E-state index is 12.5. The number of carboxylic acid groups (broad SMARTS) is 1. The van der Waals surface area contributed by atoms with Crippen molar-refractivity contribution in [3.05, 3.63) is 0 Å². The summed E-state index contributed by atoms with van der Waals surface area (Å²) in [5.41, 5.74) is 10.6. The summed E-state index contributed by atoms with van der Waals surface area (Å²) in [6.45, 7) is 6.00. The minimum atomic E-state index is -1.44. The number of carboxylic acids is 1. The van der Waals surface area contributed by atoms with Gasteiger partial charge in [-0.25, -0.2) is 4.79 Å². The SMILES string of the molecule is CCC(C)C(NC(=O)C(NC(=O)C(C)NC(=O)C(N)CCC(N)=O)C(C)O)C(=O)O. The number of aliphatic carboxylic acids is 1. The predicted molar refractivity (Wildman–Crippen MR) is 107 cm³/mol. The van der Waals surface area contributed by atoms with Crippen LogP contribution in [0.25, 0.3) is 0 Å². The van der Waals surface area contributed by atoms with Crippen LogP contribution in [0.4, 0.5) is 0 Å². The van der Waals surface area contributed by atoms with Gasteiger partial charge in [-0.1, -0.05) is 20.3 Å². The van der Waals surface area contributed by atoms with Gasteiger partial charge in [0.2, 0.25) is 23.6 Å². The fraction of sp³-hybridized carbons (Fsp3) is 0.722. The molecule has 0 spiro atoms. The van der Waals surface area contributed by atoms with Crippen molar-refractivity contribution in [2.75, 3.05) is 0 Å². The lowest BCUT2D eigenvalue weighted by molar-refractivity contribution is -0.144. The van der Waals surface area contributed by atoms with Crippen LogP contribution < -0.4 is 27.4 Å². The van der Waals surface area contributed by atoms with Crippen LogP contribution in [-0.4, -0.2) is 70.1 Å². The molecule has 0 aliphatic rings. The van der Waals surface area contributed by atoms with Crippen molar-refractivity contribution in [1.29, 1.82) is 0 Å². The van der Waals surface area contributed by atoms with E-state index in [1.807, 2.05) is 0 Å². The van der Waals surface area contributed by atoms with E-state index in [4.69, 9.17) is 11.5 Å². The number of carbonyl (C=O) groups is 5. The Balaban J connectivity index is 5.02. The van der Waals surface area contributed by atoms with Gasteiger partial charge >= 0.3 is 5.97 Å². The molecule has 0 rings (SSSR count). The van der Waals surface area contributed by atoms with Gasteiger partial charge in [-0.3, -0.25) is 19.2 Å². The summed E-state index contributed by atoms with van der Waals surface area (Å²) >= 11 is 0. The second-order valence-corrected chi connectivity index (χ2v) is 7.28. The Morgan fingerprint density at radius 2 is 1.43 bits per heavy atom. The summed E-state index contributed by atoms with van der Waals surface area (Å²) in [6, 6.07) is -4.81. The largest absolute Gasteiger partial charge is 0.480 e. The third-order valence-electron chi connectivity index (χ3n) is 4.63. The number of amides is 4. The number of carbonyl (C=O) groups excluding carboxylic acids is 4. The van der Waals surface area contributed by atoms with Gasteiger partial charge in [0.05, 0.1) is 12.1 Å². The van der Waals surface area contributed by atoms with Crippen molar-refractivity contribution in [2.45, 2.75) is 77.2 Å². The molecule has 0 aromatic heterocycles. The zero-order valence-corrected chi connectivity index (χ0v) is 17.7. The van der Waals surface area contributed by atoms with E-state index in [-0.39, 0.29) is 18.8 Å². The maximum atomic E-state index is 12.5. The van der Waals surface area contributed by atoms with Crippen molar-refractivity contribution in [2.24, 2.45) is 17.4 Å². The summed E-state index contributed by atoms with van der Waals surface area (Å²) in [6.07, 6.45) is -0.941. The smallest absolute Gasteiger partial charge is 0.326 e. The topological polar surface area (TPSA) is 214 Å². The molecule has 6 unspecified atom stereocenters. The molecule has 0 aromatic rings. The molecule has 30 heavy (non-hydrogen) atoms. The van der Waals surface area contributed by atoms with Gasteiger partial charge in [0.25, 0.3) is 0 Å². The van der Waals surface area contributed by atoms with Crippen LogP contribution in [-0.2, 0) is 24.0 Å². The van der Waals surface area contributed by atoms with Gasteiger partial charge < -0.3 is 37.6 Å². The Hall–Kier alpha value is -2.73. The molecule has 0 fully saturated rings. The molecule has 12 heteroatoms. The van der Waals surface area contributed by atoms with Gasteiger partial charge in [0, 0.05) is 6.42 Å². The Morgan fingerprint density at radius 3 is 1.87 bits per heavy atom. The van der Waals surface area contributed by atoms with Crippen molar-refractivity contribution < 1.29 is 34.2 Å². The number of nitrogens with two attached hydrogens (primary N) is 2. The van der Waals surface area contributed by atoms with Gasteiger partial charge in [-0.2, -0.15) is 0 Å². The first kappa shape index (κ1) is 27.3. The normalized spacial score (nSPS) is 16.9. The Kier molecular flexibility index (Phi) is 11.6. The monoisotopic (exact) mass is 431 g/mol. The van der Waals surface area contributed by atoms with E-state index in [2.05, 4.69) is 16.0 Å². The van der Waals surface area contributed by atoms with Gasteiger partial charge in [0.1, 0.15) is 18.1 Å². The summed E-state index contributed by atoms with van der Waals surface area (Å²) < 4.78 is 0. The first-order valence-corrected chi connectivity index (χ1v) is 9.67. The highest BCUT2D eigenvalue weighted by Gasteiger charge is 2.33. The van der Waals surface area contributed by atoms with E-state index >= 15 is 0 Å². The molecule has 0 bridgehead atoms. The fourth-order valence-electron chi connectivity index (χ4n) is 2.42. The number of hydrogen-bond donors (Lipinski definition) is 7. The molecule has 0 aliphatic carbocycles. The second kappa shape index (κ2) is 12.8. The number of rotatable bonds is 13. The van der Waals surface area contributed by atoms with Crippen LogP contribution in [0.5, 0.6) is 0 Å². The summed E-state index contributed by atoms with van der Waals surface area (Å²) in [5, 5.41) is 26.1. The number of nitrogens with one attached hydrogen (secondary N) is 3. The minimum Gasteiger partial charge on any atom is -0.480 e. The van der Waals surface area contributed by atoms with Crippen LogP contribution in [0.3, 0.4) is 0 Å². The lowest BCUT2D eigenvalue weighted by Gasteiger charge is -2.27. The van der Waals surface area contributed by atoms with Crippen LogP contribution >= 0.6 is 0 Å². The summed E-state index contributed by atoms with van der Waals surface area (Å²) in [4.78, 5) is 58.9. The van der Waals surface area contributed by atoms with Crippen LogP contribution in [0.1, 0.15) is 47.0 Å². The molecular formula is C18H33N5O7. The maximum Gasteiger partial charge on any atom is 0.326 e. The van der Waals surface area contributed by atoms with E-state index < -0.39 is 59.9 Å². The standard InChI is InChI=1S/C18H33N5O7/c1-5-8(2)13(18(29)30)22-17(28)14(10(4)24)23-15(26)9(3)21-16(27)11(19)6-7-12(20)25/h8-11,13-14,24H,5-7,19H2,1-4H3,(H2,20,25)(H,21,27)(H,22,28)(H,23,26)(H,29,30). The first-order chi connectivity index (χ1) is 13.8. The van der Waals surface area contributed by atoms with Crippen LogP contribution in [0.2, 0.25) is 0 Å². The molecule has 0 heterocycles. The zero-order valence-electron chi connectivity index (χ0n) is 17.7. The van der Waals surface area contributed by atoms with Crippen molar-refractivity contribution in [3.8, 4) is 0 Å². The quantitative estimate of drug-likeness (QED) is 0.166. The summed E-state index contributed by atoms with van der Waals surface area (Å²) in [7, 11) is 0. The molecule has 9 N–H and O–H groups in total. The summed E-state index contributed by atoms with van der Waals surface area (Å²) in [5.74, 6) is -4.59. The zero-order chi connectivity index (χ0) is 23.6. The fourth-order valence-corrected chi connectivity index (χ4v) is 2.42. The van der Waals surface area contributed by atoms with Crippen LogP contribution in [0.15, 0.2) is 0 Å². The third-order valence-corrected chi connectivity index (χ3v) is 4.63. The number of hydrogen-bond acceptors (Lipinski definition) is 7. The highest BCUT2D eigenvalue weighted by molar-refractivity contribution is 5.94. The molecule has 0 aromatic carbocycles. The van der Waals surface area contributed by atoms with E-state index in [1.54, 1.807) is 13.8 Å². The molecule has 6 atom stereocenters. The second-order valence-electron chi connectivity index (χ2n) is 7.28. The van der Waals surface area contributed by atoms with E-state index in [0.717, 1.165) is 0 Å². The third kappa shape index (κ3) is 9.18. The highest BCUT2D eigenvalue weighted by atomic mass is 16.4. The number of primary amides is 1. The molecule has 0 saturated heterocycles. The highest BCUT2D eigenvalue weighted by Crippen LogP contribution is 2.09. The van der Waals surface area contributed by atoms with Crippen molar-refractivity contribution in [1.82, 2.24) is 16.0 Å². The predicted octanol–water partition coefficient (Wildman–Crippen LogP) is -2.43. The van der Waals surface area contributed by atoms with E-state index in [1.165, 1.54) is 13.8 Å². The number of aliphatic hydroxyl groups excluding tert-OH is 1. The van der Waals surface area contributed by atoms with E-state index in [0.29, 0.717) is 6.42 Å². The van der Waals surface area contributed by atoms with Crippen molar-refractivity contribution in [3.63, 3.8) is 0 Å². The Morgan fingerprint density at radius 1 is 0.900 bits per heavy atom. The molecular weight excluding hydrogens is 398 g/mol. The number of aliphatic hydroxyl groups is 1. The average Bonchev–Trinajstić information content (AvgIpc) is 2.66. The average molecular weight is 431 g/mol.